The van der Waals surface area contributed by atoms with Gasteiger partial charge >= 0.3 is 6.03 Å². The zero-order valence-corrected chi connectivity index (χ0v) is 16.4. The summed E-state index contributed by atoms with van der Waals surface area (Å²) in [5.74, 6) is 0.436. The van der Waals surface area contributed by atoms with Crippen LogP contribution >= 0.6 is 34.9 Å². The van der Waals surface area contributed by atoms with Crippen LogP contribution in [0, 0.1) is 0 Å². The second-order valence-corrected chi connectivity index (χ2v) is 9.82. The number of nitrogens with one attached hydrogen (secondary N) is 2. The minimum atomic E-state index is -0.495. The fourth-order valence-corrected chi connectivity index (χ4v) is 4.29. The predicted octanol–water partition coefficient (Wildman–Crippen LogP) is 3.31. The molecule has 6 nitrogen and oxygen atoms in total. The standard InChI is InChI=1S/C14H22N4O2S3/c1-8(2)7-21-12-17-18-13(23-12)22-9(3)10(19)15-11(20)16-14(4,5)6/h9H,1,7H2,2-6H3,(H2,15,16,19,20)/t9-/m0/s1. The van der Waals surface area contributed by atoms with Crippen molar-refractivity contribution < 1.29 is 9.59 Å². The molecule has 1 aromatic heterocycles. The number of carbonyl (C=O) groups is 2. The Bertz CT molecular complexity index is 581. The number of hydrogen-bond acceptors (Lipinski definition) is 7. The van der Waals surface area contributed by atoms with Gasteiger partial charge in [0.1, 0.15) is 0 Å². The van der Waals surface area contributed by atoms with Gasteiger partial charge in [-0.05, 0) is 34.6 Å². The lowest BCUT2D eigenvalue weighted by atomic mass is 10.1. The second-order valence-electron chi connectivity index (χ2n) is 6.03. The van der Waals surface area contributed by atoms with Crippen LogP contribution in [-0.2, 0) is 4.79 Å². The summed E-state index contributed by atoms with van der Waals surface area (Å²) in [5.41, 5.74) is 0.673. The fourth-order valence-electron chi connectivity index (χ4n) is 1.28. The molecule has 128 valence electrons. The number of aromatic nitrogens is 2. The van der Waals surface area contributed by atoms with E-state index in [1.54, 1.807) is 18.7 Å². The van der Waals surface area contributed by atoms with Gasteiger partial charge in [0.05, 0.1) is 5.25 Å². The van der Waals surface area contributed by atoms with Crippen molar-refractivity contribution in [3.05, 3.63) is 12.2 Å². The number of imide groups is 1. The highest BCUT2D eigenvalue weighted by Gasteiger charge is 2.21. The minimum absolute atomic E-state index is 0.358. The quantitative estimate of drug-likeness (QED) is 0.587. The molecule has 9 heteroatoms. The molecule has 0 aliphatic heterocycles. The van der Waals surface area contributed by atoms with E-state index in [4.69, 9.17) is 0 Å². The van der Waals surface area contributed by atoms with Crippen LogP contribution in [0.5, 0.6) is 0 Å². The van der Waals surface area contributed by atoms with Crippen molar-refractivity contribution in [2.24, 2.45) is 0 Å². The van der Waals surface area contributed by atoms with Crippen molar-refractivity contribution in [3.63, 3.8) is 0 Å². The van der Waals surface area contributed by atoms with Gasteiger partial charge in [-0.15, -0.1) is 10.2 Å². The molecular formula is C14H22N4O2S3. The normalized spacial score (nSPS) is 12.6. The Kier molecular flexibility index (Phi) is 7.56. The molecule has 0 aliphatic rings. The molecule has 1 aromatic rings. The highest BCUT2D eigenvalue weighted by molar-refractivity contribution is 8.04. The first-order valence-corrected chi connectivity index (χ1v) is 9.65. The molecular weight excluding hydrogens is 352 g/mol. The molecule has 0 aliphatic carbocycles. The van der Waals surface area contributed by atoms with Crippen molar-refractivity contribution >= 4 is 46.8 Å². The number of thioether (sulfide) groups is 2. The van der Waals surface area contributed by atoms with Gasteiger partial charge in [-0.1, -0.05) is 47.0 Å². The Morgan fingerprint density at radius 1 is 1.30 bits per heavy atom. The number of carbonyl (C=O) groups excluding carboxylic acids is 2. The number of hydrogen-bond donors (Lipinski definition) is 2. The molecule has 1 heterocycles. The number of urea groups is 1. The summed E-state index contributed by atoms with van der Waals surface area (Å²) < 4.78 is 1.54. The monoisotopic (exact) mass is 374 g/mol. The molecule has 0 bridgehead atoms. The van der Waals surface area contributed by atoms with Crippen molar-refractivity contribution in [3.8, 4) is 0 Å². The van der Waals surface area contributed by atoms with E-state index in [9.17, 15) is 9.59 Å². The van der Waals surface area contributed by atoms with Gasteiger partial charge in [-0.25, -0.2) is 4.79 Å². The molecule has 23 heavy (non-hydrogen) atoms. The van der Waals surface area contributed by atoms with Crippen LogP contribution in [0.1, 0.15) is 34.6 Å². The van der Waals surface area contributed by atoms with Crippen LogP contribution in [0.15, 0.2) is 20.8 Å². The molecule has 0 saturated heterocycles. The molecule has 0 radical (unpaired) electrons. The van der Waals surface area contributed by atoms with Crippen molar-refractivity contribution in [2.75, 3.05) is 5.75 Å². The van der Waals surface area contributed by atoms with Crippen LogP contribution in [-0.4, -0.2) is 38.7 Å². The number of nitrogens with zero attached hydrogens (tertiary/aromatic N) is 2. The topological polar surface area (TPSA) is 84.0 Å². The first-order valence-electron chi connectivity index (χ1n) is 6.97. The van der Waals surface area contributed by atoms with E-state index in [1.807, 2.05) is 27.7 Å². The van der Waals surface area contributed by atoms with E-state index in [-0.39, 0.29) is 5.91 Å². The average Bonchev–Trinajstić information content (AvgIpc) is 2.81. The highest BCUT2D eigenvalue weighted by Crippen LogP contribution is 2.31. The molecule has 0 fully saturated rings. The van der Waals surface area contributed by atoms with Crippen molar-refractivity contribution in [2.45, 2.75) is 54.1 Å². The Morgan fingerprint density at radius 3 is 2.48 bits per heavy atom. The molecule has 1 atom stereocenters. The van der Waals surface area contributed by atoms with Crippen LogP contribution in [0.2, 0.25) is 0 Å². The predicted molar refractivity (Wildman–Crippen MR) is 97.2 cm³/mol. The molecule has 1 rings (SSSR count). The van der Waals surface area contributed by atoms with E-state index in [0.717, 1.165) is 15.7 Å². The van der Waals surface area contributed by atoms with Gasteiger partial charge in [0.15, 0.2) is 8.68 Å². The maximum atomic E-state index is 12.0. The summed E-state index contributed by atoms with van der Waals surface area (Å²) in [6, 6.07) is -0.495. The largest absolute Gasteiger partial charge is 0.333 e. The third kappa shape index (κ3) is 8.38. The fraction of sp³-hybridized carbons (Fsp3) is 0.571. The van der Waals surface area contributed by atoms with Crippen molar-refractivity contribution in [1.29, 1.82) is 0 Å². The summed E-state index contributed by atoms with van der Waals surface area (Å²) in [6.45, 7) is 13.1. The molecule has 2 N–H and O–H groups in total. The van der Waals surface area contributed by atoms with Crippen LogP contribution in [0.4, 0.5) is 4.79 Å². The summed E-state index contributed by atoms with van der Waals surface area (Å²) in [6.07, 6.45) is 0. The Balaban J connectivity index is 2.49. The highest BCUT2D eigenvalue weighted by atomic mass is 32.2. The first-order chi connectivity index (χ1) is 10.6. The van der Waals surface area contributed by atoms with Gasteiger partial charge < -0.3 is 5.32 Å². The zero-order chi connectivity index (χ0) is 17.6. The lowest BCUT2D eigenvalue weighted by Crippen LogP contribution is -2.49. The van der Waals surface area contributed by atoms with E-state index < -0.39 is 16.8 Å². The summed E-state index contributed by atoms with van der Waals surface area (Å²) >= 11 is 4.28. The summed E-state index contributed by atoms with van der Waals surface area (Å²) in [7, 11) is 0. The van der Waals surface area contributed by atoms with E-state index in [0.29, 0.717) is 4.34 Å². The van der Waals surface area contributed by atoms with E-state index in [1.165, 1.54) is 23.1 Å². The van der Waals surface area contributed by atoms with E-state index in [2.05, 4.69) is 27.4 Å². The third-order valence-corrected chi connectivity index (χ3v) is 5.67. The van der Waals surface area contributed by atoms with Gasteiger partial charge in [-0.2, -0.15) is 0 Å². The Morgan fingerprint density at radius 2 is 1.91 bits per heavy atom. The van der Waals surface area contributed by atoms with Gasteiger partial charge in [0.2, 0.25) is 5.91 Å². The molecule has 0 spiro atoms. The number of amides is 3. The average molecular weight is 375 g/mol. The summed E-state index contributed by atoms with van der Waals surface area (Å²) in [5, 5.41) is 12.7. The maximum Gasteiger partial charge on any atom is 0.321 e. The lowest BCUT2D eigenvalue weighted by Gasteiger charge is -2.20. The maximum absolute atomic E-state index is 12.0. The molecule has 0 unspecified atom stereocenters. The molecule has 0 saturated carbocycles. The van der Waals surface area contributed by atoms with Gasteiger partial charge in [0.25, 0.3) is 0 Å². The molecule has 0 aromatic carbocycles. The smallest absolute Gasteiger partial charge is 0.321 e. The first kappa shape index (κ1) is 20.0. The molecule has 3 amide bonds. The van der Waals surface area contributed by atoms with Crippen LogP contribution < -0.4 is 10.6 Å². The van der Waals surface area contributed by atoms with Gasteiger partial charge in [-0.3, -0.25) is 10.1 Å². The minimum Gasteiger partial charge on any atom is -0.333 e. The van der Waals surface area contributed by atoms with Gasteiger partial charge in [0, 0.05) is 11.3 Å². The van der Waals surface area contributed by atoms with E-state index >= 15 is 0 Å². The zero-order valence-electron chi connectivity index (χ0n) is 13.9. The number of rotatable bonds is 6. The lowest BCUT2D eigenvalue weighted by molar-refractivity contribution is -0.119. The van der Waals surface area contributed by atoms with Crippen LogP contribution in [0.3, 0.4) is 0 Å². The van der Waals surface area contributed by atoms with Crippen LogP contribution in [0.25, 0.3) is 0 Å². The second kappa shape index (κ2) is 8.70. The summed E-state index contributed by atoms with van der Waals surface area (Å²) in [4.78, 5) is 23.7. The SMILES string of the molecule is C=C(C)CSc1nnc(S[C@@H](C)C(=O)NC(=O)NC(C)(C)C)s1. The third-order valence-electron chi connectivity index (χ3n) is 2.20. The van der Waals surface area contributed by atoms with Crippen molar-refractivity contribution in [1.82, 2.24) is 20.8 Å². The Labute approximate surface area is 149 Å². The Hall–Kier alpha value is -1.06.